The molecule has 0 bridgehead atoms. The van der Waals surface area contributed by atoms with E-state index in [1.807, 2.05) is 0 Å². The third-order valence-corrected chi connectivity index (χ3v) is 11.1. The maximum Gasteiger partial charge on any atom is 0.220 e. The fourth-order valence-electron chi connectivity index (χ4n) is 8.47. The van der Waals surface area contributed by atoms with Gasteiger partial charge in [-0.05, 0) is 81.7 Å². The minimum atomic E-state index is 0.0405. The van der Waals surface area contributed by atoms with E-state index in [2.05, 4.69) is 123 Å². The van der Waals surface area contributed by atoms with Gasteiger partial charge in [0.25, 0.3) is 0 Å². The van der Waals surface area contributed by atoms with Gasteiger partial charge in [-0.3, -0.25) is 0 Å². The molecule has 5 aromatic rings. The number of aryl methyl sites for hydroxylation is 2. The molecule has 41 heavy (non-hydrogen) atoms. The van der Waals surface area contributed by atoms with Gasteiger partial charge in [0.05, 0.1) is 5.56 Å². The van der Waals surface area contributed by atoms with Gasteiger partial charge in [0.1, 0.15) is 18.2 Å². The van der Waals surface area contributed by atoms with Crippen LogP contribution in [0.25, 0.3) is 44.0 Å². The van der Waals surface area contributed by atoms with Crippen LogP contribution in [0, 0.1) is 6.92 Å². The van der Waals surface area contributed by atoms with Crippen LogP contribution in [-0.4, -0.2) is 0 Å². The molecule has 0 aliphatic heterocycles. The minimum absolute atomic E-state index is 0.0405. The first-order valence-electron chi connectivity index (χ1n) is 15.6. The summed E-state index contributed by atoms with van der Waals surface area (Å²) in [5.41, 5.74) is 12.2. The smallest absolute Gasteiger partial charge is 0.220 e. The number of pyridine rings is 1. The van der Waals surface area contributed by atoms with Crippen molar-refractivity contribution < 1.29 is 8.98 Å². The van der Waals surface area contributed by atoms with Gasteiger partial charge in [-0.1, -0.05) is 91.8 Å². The summed E-state index contributed by atoms with van der Waals surface area (Å²) in [6.07, 6.45) is 7.01. The molecule has 7 rings (SSSR count). The summed E-state index contributed by atoms with van der Waals surface area (Å²) in [5.74, 6) is 0. The molecule has 0 atom stereocenters. The Bertz CT molecular complexity index is 1910. The third-order valence-electron chi connectivity index (χ3n) is 11.1. The number of nitrogens with zero attached hydrogens (tertiary/aromatic N) is 1. The SMILES string of the molecule is Cc1ccc2c(oc3c4c(c5ccccc5c32)C(C)(C)CCC4(C)C)c1-c1c2c(cc[n+]1C)C(C)(C)CCC2(C)C. The van der Waals surface area contributed by atoms with Crippen LogP contribution in [0.1, 0.15) is 109 Å². The highest BCUT2D eigenvalue weighted by Gasteiger charge is 2.44. The van der Waals surface area contributed by atoms with Crippen LogP contribution in [0.5, 0.6) is 0 Å². The molecule has 2 heteroatoms. The number of rotatable bonds is 1. The van der Waals surface area contributed by atoms with E-state index in [4.69, 9.17) is 4.42 Å². The molecule has 0 N–H and O–H groups in total. The summed E-state index contributed by atoms with van der Waals surface area (Å²) >= 11 is 0. The van der Waals surface area contributed by atoms with Crippen molar-refractivity contribution >= 4 is 32.7 Å². The predicted molar refractivity (Wildman–Crippen MR) is 173 cm³/mol. The minimum Gasteiger partial charge on any atom is -0.455 e. The molecule has 2 nitrogen and oxygen atoms in total. The number of fused-ring (bicyclic) bond motifs is 9. The molecule has 2 heterocycles. The molecule has 0 saturated carbocycles. The normalized spacial score (nSPS) is 20.3. The van der Waals surface area contributed by atoms with E-state index in [1.54, 1.807) is 0 Å². The molecule has 2 aliphatic carbocycles. The zero-order valence-electron chi connectivity index (χ0n) is 26.8. The Kier molecular flexibility index (Phi) is 5.38. The van der Waals surface area contributed by atoms with Crippen LogP contribution in [0.4, 0.5) is 0 Å². The Morgan fingerprint density at radius 3 is 1.88 bits per heavy atom. The molecule has 0 saturated heterocycles. The number of aromatic nitrogens is 1. The van der Waals surface area contributed by atoms with Crippen LogP contribution in [0.15, 0.2) is 53.1 Å². The van der Waals surface area contributed by atoms with E-state index in [0.717, 1.165) is 17.6 Å². The fraction of sp³-hybridized carbons (Fsp3) is 0.462. The quantitative estimate of drug-likeness (QED) is 0.192. The molecular weight excluding hydrogens is 498 g/mol. The second-order valence-electron chi connectivity index (χ2n) is 15.8. The highest BCUT2D eigenvalue weighted by Crippen LogP contribution is 2.55. The molecule has 0 fully saturated rings. The topological polar surface area (TPSA) is 17.0 Å². The van der Waals surface area contributed by atoms with E-state index >= 15 is 0 Å². The van der Waals surface area contributed by atoms with E-state index in [1.165, 1.54) is 79.9 Å². The zero-order valence-corrected chi connectivity index (χ0v) is 26.8. The maximum absolute atomic E-state index is 7.31. The monoisotopic (exact) mass is 544 g/mol. The van der Waals surface area contributed by atoms with E-state index in [0.29, 0.717) is 0 Å². The van der Waals surface area contributed by atoms with Crippen LogP contribution in [-0.2, 0) is 28.7 Å². The van der Waals surface area contributed by atoms with Crippen LogP contribution < -0.4 is 4.57 Å². The summed E-state index contributed by atoms with van der Waals surface area (Å²) in [4.78, 5) is 0. The van der Waals surface area contributed by atoms with Gasteiger partial charge in [-0.2, -0.15) is 0 Å². The zero-order chi connectivity index (χ0) is 29.3. The summed E-state index contributed by atoms with van der Waals surface area (Å²) in [6, 6.07) is 16.1. The third kappa shape index (κ3) is 3.58. The lowest BCUT2D eigenvalue weighted by atomic mass is 9.61. The second kappa shape index (κ2) is 8.24. The summed E-state index contributed by atoms with van der Waals surface area (Å²) < 4.78 is 9.67. The lowest BCUT2D eigenvalue weighted by Gasteiger charge is -2.42. The Labute approximate surface area is 245 Å². The van der Waals surface area contributed by atoms with Crippen LogP contribution in [0.3, 0.4) is 0 Å². The van der Waals surface area contributed by atoms with Crippen LogP contribution in [0.2, 0.25) is 0 Å². The number of benzene rings is 3. The molecular formula is C39H46NO+. The number of hydrogen-bond donors (Lipinski definition) is 0. The van der Waals surface area contributed by atoms with Gasteiger partial charge in [0.2, 0.25) is 5.69 Å². The van der Waals surface area contributed by atoms with Crippen molar-refractivity contribution in [1.29, 1.82) is 0 Å². The Morgan fingerprint density at radius 1 is 0.610 bits per heavy atom. The number of furan rings is 1. The molecule has 3 aromatic carbocycles. The van der Waals surface area contributed by atoms with Gasteiger partial charge >= 0.3 is 0 Å². The first-order valence-corrected chi connectivity index (χ1v) is 15.6. The molecule has 0 radical (unpaired) electrons. The van der Waals surface area contributed by atoms with Crippen molar-refractivity contribution in [1.82, 2.24) is 0 Å². The van der Waals surface area contributed by atoms with E-state index in [9.17, 15) is 0 Å². The van der Waals surface area contributed by atoms with Gasteiger partial charge in [-0.15, -0.1) is 0 Å². The van der Waals surface area contributed by atoms with E-state index < -0.39 is 0 Å². The molecule has 0 amide bonds. The van der Waals surface area contributed by atoms with Crippen LogP contribution >= 0.6 is 0 Å². The Hall–Kier alpha value is -3.13. The fourth-order valence-corrected chi connectivity index (χ4v) is 8.47. The van der Waals surface area contributed by atoms with Gasteiger partial charge in [0.15, 0.2) is 6.20 Å². The lowest BCUT2D eigenvalue weighted by Crippen LogP contribution is -2.41. The van der Waals surface area contributed by atoms with Crippen molar-refractivity contribution in [2.45, 2.75) is 110 Å². The lowest BCUT2D eigenvalue weighted by molar-refractivity contribution is -0.661. The molecule has 0 spiro atoms. The standard InChI is InChI=1S/C39H46NO/c1-23-15-16-26-29-24-13-11-12-14-25(24)30-32(39(8,9)21-20-37(30,4)5)35(29)41-34(26)28(23)33-31-27(17-22-40(33)10)36(2,3)18-19-38(31,6)7/h11-17,22H,18-21H2,1-10H3/q+1. The summed E-state index contributed by atoms with van der Waals surface area (Å²) in [6.45, 7) is 21.7. The highest BCUT2D eigenvalue weighted by molar-refractivity contribution is 6.23. The average molecular weight is 545 g/mol. The van der Waals surface area contributed by atoms with Crippen molar-refractivity contribution in [2.75, 3.05) is 0 Å². The maximum atomic E-state index is 7.31. The second-order valence-corrected chi connectivity index (χ2v) is 15.8. The van der Waals surface area contributed by atoms with Crippen molar-refractivity contribution in [3.8, 4) is 11.3 Å². The molecule has 212 valence electrons. The van der Waals surface area contributed by atoms with Gasteiger partial charge in [0, 0.05) is 28.0 Å². The van der Waals surface area contributed by atoms with Crippen molar-refractivity contribution in [3.05, 3.63) is 76.5 Å². The first kappa shape index (κ1) is 26.7. The summed E-state index contributed by atoms with van der Waals surface area (Å²) in [5, 5.41) is 5.24. The highest BCUT2D eigenvalue weighted by atomic mass is 16.3. The molecule has 2 aromatic heterocycles. The number of hydrogen-bond acceptors (Lipinski definition) is 1. The van der Waals surface area contributed by atoms with Gasteiger partial charge in [-0.25, -0.2) is 4.57 Å². The van der Waals surface area contributed by atoms with Gasteiger partial charge < -0.3 is 4.42 Å². The largest absolute Gasteiger partial charge is 0.455 e. The molecule has 2 aliphatic rings. The Morgan fingerprint density at radius 2 is 1.20 bits per heavy atom. The molecule has 0 unspecified atom stereocenters. The summed E-state index contributed by atoms with van der Waals surface area (Å²) in [7, 11) is 2.22. The predicted octanol–water partition coefficient (Wildman–Crippen LogP) is 10.2. The van der Waals surface area contributed by atoms with Crippen molar-refractivity contribution in [2.24, 2.45) is 7.05 Å². The first-order chi connectivity index (χ1) is 19.2. The van der Waals surface area contributed by atoms with E-state index in [-0.39, 0.29) is 21.7 Å². The average Bonchev–Trinajstić information content (AvgIpc) is 3.28. The van der Waals surface area contributed by atoms with Crippen molar-refractivity contribution in [3.63, 3.8) is 0 Å². The Balaban J connectivity index is 1.70.